The van der Waals surface area contributed by atoms with Crippen LogP contribution in [0, 0.1) is 0 Å². The van der Waals surface area contributed by atoms with E-state index in [1.807, 2.05) is 6.92 Å². The van der Waals surface area contributed by atoms with Gasteiger partial charge in [-0.3, -0.25) is 0 Å². The van der Waals surface area contributed by atoms with Crippen LogP contribution in [0.3, 0.4) is 0 Å². The van der Waals surface area contributed by atoms with Gasteiger partial charge in [0.2, 0.25) is 11.9 Å². The first-order valence-corrected chi connectivity index (χ1v) is 6.10. The molecule has 6 heteroatoms. The van der Waals surface area contributed by atoms with E-state index < -0.39 is 0 Å². The molecule has 6 nitrogen and oxygen atoms in total. The number of ether oxygens (including phenoxy) is 1. The monoisotopic (exact) mass is 239 g/mol. The maximum atomic E-state index is 5.64. The summed E-state index contributed by atoms with van der Waals surface area (Å²) >= 11 is 0. The van der Waals surface area contributed by atoms with Gasteiger partial charge in [-0.1, -0.05) is 13.3 Å². The second-order valence-corrected chi connectivity index (χ2v) is 3.64. The second kappa shape index (κ2) is 6.88. The van der Waals surface area contributed by atoms with Crippen LogP contribution in [0.5, 0.6) is 6.01 Å². The van der Waals surface area contributed by atoms with E-state index in [-0.39, 0.29) is 5.95 Å². The van der Waals surface area contributed by atoms with Gasteiger partial charge in [0.15, 0.2) is 0 Å². The van der Waals surface area contributed by atoms with E-state index in [1.54, 1.807) is 0 Å². The molecule has 0 saturated carbocycles. The average Bonchev–Trinajstić information content (AvgIpc) is 2.30. The van der Waals surface area contributed by atoms with Crippen LogP contribution in [-0.4, -0.2) is 34.6 Å². The molecule has 1 rings (SSSR count). The molecule has 96 valence electrons. The second-order valence-electron chi connectivity index (χ2n) is 3.64. The number of hydrogen-bond donors (Lipinski definition) is 1. The summed E-state index contributed by atoms with van der Waals surface area (Å²) in [5, 5.41) is 0. The van der Waals surface area contributed by atoms with Crippen LogP contribution in [0.1, 0.15) is 33.6 Å². The molecule has 1 aromatic rings. The van der Waals surface area contributed by atoms with Crippen LogP contribution in [-0.2, 0) is 0 Å². The van der Waals surface area contributed by atoms with Gasteiger partial charge in [-0.2, -0.15) is 15.0 Å². The molecule has 0 spiro atoms. The molecule has 0 aromatic carbocycles. The quantitative estimate of drug-likeness (QED) is 0.776. The van der Waals surface area contributed by atoms with E-state index in [9.17, 15) is 0 Å². The molecule has 0 aliphatic heterocycles. The van der Waals surface area contributed by atoms with E-state index in [1.165, 1.54) is 0 Å². The van der Waals surface area contributed by atoms with Gasteiger partial charge in [0, 0.05) is 13.1 Å². The molecular weight excluding hydrogens is 218 g/mol. The van der Waals surface area contributed by atoms with Gasteiger partial charge in [-0.25, -0.2) is 0 Å². The Labute approximate surface area is 102 Å². The number of anilines is 2. The van der Waals surface area contributed by atoms with Crippen LogP contribution < -0.4 is 15.4 Å². The van der Waals surface area contributed by atoms with Crippen molar-refractivity contribution < 1.29 is 4.74 Å². The van der Waals surface area contributed by atoms with Crippen molar-refractivity contribution in [3.63, 3.8) is 0 Å². The average molecular weight is 239 g/mol. The molecule has 0 bridgehead atoms. The third-order valence-corrected chi connectivity index (χ3v) is 2.34. The minimum Gasteiger partial charge on any atom is -0.464 e. The SMILES string of the molecule is CCCCN(CC)c1nc(N)nc(OCC)n1. The van der Waals surface area contributed by atoms with E-state index >= 15 is 0 Å². The van der Waals surface area contributed by atoms with Gasteiger partial charge < -0.3 is 15.4 Å². The van der Waals surface area contributed by atoms with Gasteiger partial charge in [-0.15, -0.1) is 0 Å². The summed E-state index contributed by atoms with van der Waals surface area (Å²) in [6.07, 6.45) is 2.23. The predicted molar refractivity (Wildman–Crippen MR) is 68.2 cm³/mol. The van der Waals surface area contributed by atoms with Crippen molar-refractivity contribution in [3.05, 3.63) is 0 Å². The lowest BCUT2D eigenvalue weighted by molar-refractivity contribution is 0.312. The zero-order valence-electron chi connectivity index (χ0n) is 10.8. The largest absolute Gasteiger partial charge is 0.464 e. The van der Waals surface area contributed by atoms with Crippen molar-refractivity contribution in [1.29, 1.82) is 0 Å². The maximum Gasteiger partial charge on any atom is 0.323 e. The highest BCUT2D eigenvalue weighted by atomic mass is 16.5. The highest BCUT2D eigenvalue weighted by Gasteiger charge is 2.11. The molecule has 0 saturated heterocycles. The molecule has 17 heavy (non-hydrogen) atoms. The molecule has 0 atom stereocenters. The van der Waals surface area contributed by atoms with Crippen molar-refractivity contribution in [2.75, 3.05) is 30.3 Å². The number of nitrogens with two attached hydrogens (primary N) is 1. The van der Waals surface area contributed by atoms with Crippen LogP contribution in [0.2, 0.25) is 0 Å². The normalized spacial score (nSPS) is 10.3. The molecule has 0 aliphatic carbocycles. The van der Waals surface area contributed by atoms with Gasteiger partial charge in [0.25, 0.3) is 0 Å². The minimum absolute atomic E-state index is 0.202. The van der Waals surface area contributed by atoms with E-state index in [2.05, 4.69) is 33.7 Å². The van der Waals surface area contributed by atoms with Crippen LogP contribution in [0.15, 0.2) is 0 Å². The number of rotatable bonds is 7. The molecule has 0 fully saturated rings. The first kappa shape index (κ1) is 13.5. The molecular formula is C11H21N5O. The summed E-state index contributed by atoms with van der Waals surface area (Å²) in [5.41, 5.74) is 5.64. The minimum atomic E-state index is 0.202. The van der Waals surface area contributed by atoms with Gasteiger partial charge in [0.1, 0.15) is 0 Å². The Morgan fingerprint density at radius 3 is 2.53 bits per heavy atom. The Bertz CT molecular complexity index is 345. The topological polar surface area (TPSA) is 77.2 Å². The summed E-state index contributed by atoms with van der Waals surface area (Å²) < 4.78 is 5.26. The number of hydrogen-bond acceptors (Lipinski definition) is 6. The molecule has 0 radical (unpaired) electrons. The van der Waals surface area contributed by atoms with Crippen molar-refractivity contribution in [3.8, 4) is 6.01 Å². The van der Waals surface area contributed by atoms with Crippen molar-refractivity contribution in [2.45, 2.75) is 33.6 Å². The lowest BCUT2D eigenvalue weighted by Gasteiger charge is -2.20. The fourth-order valence-electron chi connectivity index (χ4n) is 1.44. The van der Waals surface area contributed by atoms with E-state index in [0.29, 0.717) is 18.6 Å². The fourth-order valence-corrected chi connectivity index (χ4v) is 1.44. The van der Waals surface area contributed by atoms with Crippen molar-refractivity contribution >= 4 is 11.9 Å². The van der Waals surface area contributed by atoms with Crippen molar-refractivity contribution in [2.24, 2.45) is 0 Å². The highest BCUT2D eigenvalue weighted by molar-refractivity contribution is 5.35. The predicted octanol–water partition coefficient (Wildman–Crippen LogP) is 1.48. The zero-order valence-corrected chi connectivity index (χ0v) is 10.8. The van der Waals surface area contributed by atoms with E-state index in [4.69, 9.17) is 10.5 Å². The number of nitrogens with zero attached hydrogens (tertiary/aromatic N) is 4. The van der Waals surface area contributed by atoms with Gasteiger partial charge in [-0.05, 0) is 20.3 Å². The smallest absolute Gasteiger partial charge is 0.323 e. The van der Waals surface area contributed by atoms with Crippen LogP contribution in [0.25, 0.3) is 0 Å². The molecule has 1 heterocycles. The standard InChI is InChI=1S/C11H21N5O/c1-4-7-8-16(5-2)10-13-9(12)14-11(15-10)17-6-3/h4-8H2,1-3H3,(H2,12,13,14,15). The molecule has 1 aromatic heterocycles. The first-order valence-electron chi connectivity index (χ1n) is 6.10. The lowest BCUT2D eigenvalue weighted by Crippen LogP contribution is -2.26. The van der Waals surface area contributed by atoms with Crippen molar-refractivity contribution in [1.82, 2.24) is 15.0 Å². The number of unbranched alkanes of at least 4 members (excludes halogenated alkanes) is 1. The summed E-state index contributed by atoms with van der Waals surface area (Å²) in [5.74, 6) is 0.797. The Kier molecular flexibility index (Phi) is 5.45. The summed E-state index contributed by atoms with van der Waals surface area (Å²) in [6.45, 7) is 8.38. The molecule has 0 amide bonds. The third kappa shape index (κ3) is 4.05. The van der Waals surface area contributed by atoms with Gasteiger partial charge in [0.05, 0.1) is 6.61 Å². The molecule has 0 unspecified atom stereocenters. The Morgan fingerprint density at radius 2 is 1.94 bits per heavy atom. The fraction of sp³-hybridized carbons (Fsp3) is 0.727. The number of nitrogen functional groups attached to an aromatic ring is 1. The summed E-state index contributed by atoms with van der Waals surface area (Å²) in [4.78, 5) is 14.4. The van der Waals surface area contributed by atoms with Crippen LogP contribution in [0.4, 0.5) is 11.9 Å². The maximum absolute atomic E-state index is 5.64. The third-order valence-electron chi connectivity index (χ3n) is 2.34. The molecule has 0 aliphatic rings. The lowest BCUT2D eigenvalue weighted by atomic mass is 10.3. The van der Waals surface area contributed by atoms with E-state index in [0.717, 1.165) is 25.9 Å². The number of aromatic nitrogens is 3. The summed E-state index contributed by atoms with van der Waals surface area (Å²) in [6, 6.07) is 0.296. The van der Waals surface area contributed by atoms with Crippen LogP contribution >= 0.6 is 0 Å². The highest BCUT2D eigenvalue weighted by Crippen LogP contribution is 2.13. The Hall–Kier alpha value is -1.59. The molecule has 2 N–H and O–H groups in total. The zero-order chi connectivity index (χ0) is 12.7. The Morgan fingerprint density at radius 1 is 1.18 bits per heavy atom. The Balaban J connectivity index is 2.85. The first-order chi connectivity index (χ1) is 8.21. The van der Waals surface area contributed by atoms with Gasteiger partial charge >= 0.3 is 6.01 Å². The summed E-state index contributed by atoms with van der Waals surface area (Å²) in [7, 11) is 0.